The van der Waals surface area contributed by atoms with Crippen molar-refractivity contribution in [2.75, 3.05) is 32.4 Å². The highest BCUT2D eigenvalue weighted by Crippen LogP contribution is 2.28. The van der Waals surface area contributed by atoms with Crippen LogP contribution in [0.4, 0.5) is 0 Å². The third-order valence-corrected chi connectivity index (χ3v) is 7.69. The zero-order chi connectivity index (χ0) is 17.9. The molecule has 0 bridgehead atoms. The first-order valence-electron chi connectivity index (χ1n) is 9.01. The molecule has 2 saturated heterocycles. The van der Waals surface area contributed by atoms with Gasteiger partial charge in [0.25, 0.3) is 5.91 Å². The summed E-state index contributed by atoms with van der Waals surface area (Å²) in [7, 11) is -3.50. The fraction of sp³-hybridized carbons (Fsp3) is 0.611. The molecule has 2 aliphatic heterocycles. The third-order valence-electron chi connectivity index (χ3n) is 5.00. The normalized spacial score (nSPS) is 19.8. The fourth-order valence-corrected chi connectivity index (χ4v) is 5.65. The van der Waals surface area contributed by atoms with Crippen LogP contribution in [0.25, 0.3) is 0 Å². The molecule has 1 amide bonds. The molecule has 5 nitrogen and oxygen atoms in total. The lowest BCUT2D eigenvalue weighted by Gasteiger charge is -2.22. The smallest absolute Gasteiger partial charge is 0.255 e. The molecule has 0 atom stereocenters. The van der Waals surface area contributed by atoms with Crippen LogP contribution in [0.3, 0.4) is 0 Å². The number of carbonyl (C=O) groups excluding carboxylic acids is 1. The summed E-state index contributed by atoms with van der Waals surface area (Å²) in [6.07, 6.45) is 8.08. The molecule has 2 aliphatic rings. The number of nitrogens with zero attached hydrogens (tertiary/aromatic N) is 2. The van der Waals surface area contributed by atoms with Crippen molar-refractivity contribution in [3.05, 3.63) is 23.8 Å². The van der Waals surface area contributed by atoms with E-state index in [9.17, 15) is 13.2 Å². The molecule has 0 unspecified atom stereocenters. The molecule has 0 saturated carbocycles. The molecule has 0 N–H and O–H groups in total. The van der Waals surface area contributed by atoms with Crippen LogP contribution in [-0.4, -0.2) is 56.0 Å². The van der Waals surface area contributed by atoms with Crippen LogP contribution in [0.15, 0.2) is 28.0 Å². The van der Waals surface area contributed by atoms with E-state index in [0.717, 1.165) is 56.5 Å². The molecular weight excluding hydrogens is 356 g/mol. The number of benzene rings is 1. The Bertz CT molecular complexity index is 720. The summed E-state index contributed by atoms with van der Waals surface area (Å²) in [5.41, 5.74) is 0.523. The Balaban J connectivity index is 1.93. The molecule has 2 fully saturated rings. The maximum Gasteiger partial charge on any atom is 0.255 e. The van der Waals surface area contributed by atoms with E-state index in [4.69, 9.17) is 0 Å². The molecule has 0 aromatic heterocycles. The molecule has 1 aromatic carbocycles. The van der Waals surface area contributed by atoms with Crippen LogP contribution in [0, 0.1) is 0 Å². The monoisotopic (exact) mass is 382 g/mol. The van der Waals surface area contributed by atoms with Crippen molar-refractivity contribution >= 4 is 27.7 Å². The van der Waals surface area contributed by atoms with Crippen LogP contribution < -0.4 is 0 Å². The Kier molecular flexibility index (Phi) is 6.07. The van der Waals surface area contributed by atoms with Gasteiger partial charge in [-0.15, -0.1) is 11.8 Å². The summed E-state index contributed by atoms with van der Waals surface area (Å²) in [6.45, 7) is 2.66. The van der Waals surface area contributed by atoms with Gasteiger partial charge in [0.1, 0.15) is 0 Å². The minimum atomic E-state index is -3.50. The van der Waals surface area contributed by atoms with Crippen molar-refractivity contribution in [3.8, 4) is 0 Å². The molecule has 1 aromatic rings. The second-order valence-electron chi connectivity index (χ2n) is 6.68. The Morgan fingerprint density at radius 2 is 1.56 bits per heavy atom. The quantitative estimate of drug-likeness (QED) is 0.751. The van der Waals surface area contributed by atoms with Crippen LogP contribution in [-0.2, 0) is 10.0 Å². The van der Waals surface area contributed by atoms with E-state index in [1.54, 1.807) is 18.2 Å². The van der Waals surface area contributed by atoms with Gasteiger partial charge in [-0.1, -0.05) is 12.8 Å². The van der Waals surface area contributed by atoms with Crippen molar-refractivity contribution < 1.29 is 13.2 Å². The maximum absolute atomic E-state index is 13.0. The van der Waals surface area contributed by atoms with Crippen molar-refractivity contribution in [1.82, 2.24) is 9.21 Å². The predicted octanol–water partition coefficient (Wildman–Crippen LogP) is 3.21. The average molecular weight is 383 g/mol. The van der Waals surface area contributed by atoms with Gasteiger partial charge in [0.05, 0.1) is 10.5 Å². The number of hydrogen-bond donors (Lipinski definition) is 0. The first-order chi connectivity index (χ1) is 12.0. The van der Waals surface area contributed by atoms with Crippen molar-refractivity contribution in [3.63, 3.8) is 0 Å². The highest BCUT2D eigenvalue weighted by Gasteiger charge is 2.29. The molecule has 2 heterocycles. The average Bonchev–Trinajstić information content (AvgIpc) is 3.04. The number of hydrogen-bond acceptors (Lipinski definition) is 4. The van der Waals surface area contributed by atoms with Gasteiger partial charge < -0.3 is 4.90 Å². The topological polar surface area (TPSA) is 57.7 Å². The van der Waals surface area contributed by atoms with Crippen LogP contribution in [0.1, 0.15) is 48.9 Å². The Morgan fingerprint density at radius 1 is 0.960 bits per heavy atom. The first-order valence-corrected chi connectivity index (χ1v) is 11.7. The second-order valence-corrected chi connectivity index (χ2v) is 9.47. The van der Waals surface area contributed by atoms with Gasteiger partial charge in [-0.3, -0.25) is 4.79 Å². The van der Waals surface area contributed by atoms with E-state index in [2.05, 4.69) is 0 Å². The Labute approximate surface area is 154 Å². The standard InChI is InChI=1S/C18H26N2O3S2/c1-24-17-9-8-15(25(22,23)20-12-6-7-13-20)14-16(17)18(21)19-10-4-2-3-5-11-19/h8-9,14H,2-7,10-13H2,1H3. The van der Waals surface area contributed by atoms with Gasteiger partial charge in [-0.25, -0.2) is 8.42 Å². The van der Waals surface area contributed by atoms with Gasteiger partial charge in [-0.05, 0) is 50.1 Å². The van der Waals surface area contributed by atoms with E-state index in [1.807, 2.05) is 11.2 Å². The summed E-state index contributed by atoms with van der Waals surface area (Å²) in [4.78, 5) is 16.0. The van der Waals surface area contributed by atoms with Gasteiger partial charge >= 0.3 is 0 Å². The zero-order valence-electron chi connectivity index (χ0n) is 14.7. The van der Waals surface area contributed by atoms with E-state index >= 15 is 0 Å². The molecule has 138 valence electrons. The minimum Gasteiger partial charge on any atom is -0.339 e. The highest BCUT2D eigenvalue weighted by atomic mass is 32.2. The van der Waals surface area contributed by atoms with Crippen LogP contribution >= 0.6 is 11.8 Å². The summed E-state index contributed by atoms with van der Waals surface area (Å²) in [5, 5.41) is 0. The highest BCUT2D eigenvalue weighted by molar-refractivity contribution is 7.98. The van der Waals surface area contributed by atoms with Crippen molar-refractivity contribution in [2.45, 2.75) is 48.3 Å². The van der Waals surface area contributed by atoms with Crippen LogP contribution in [0.2, 0.25) is 0 Å². The lowest BCUT2D eigenvalue weighted by atomic mass is 10.2. The van der Waals surface area contributed by atoms with Gasteiger partial charge in [0.15, 0.2) is 0 Å². The molecule has 25 heavy (non-hydrogen) atoms. The fourth-order valence-electron chi connectivity index (χ4n) is 3.54. The summed E-state index contributed by atoms with van der Waals surface area (Å²) >= 11 is 1.49. The maximum atomic E-state index is 13.0. The molecule has 7 heteroatoms. The summed E-state index contributed by atoms with van der Waals surface area (Å²) in [5.74, 6) is -0.0373. The van der Waals surface area contributed by atoms with Crippen LogP contribution in [0.5, 0.6) is 0 Å². The van der Waals surface area contributed by atoms with E-state index in [0.29, 0.717) is 18.7 Å². The number of thioether (sulfide) groups is 1. The first kappa shape index (κ1) is 18.7. The number of rotatable bonds is 4. The van der Waals surface area contributed by atoms with Gasteiger partial charge in [-0.2, -0.15) is 4.31 Å². The molecule has 0 spiro atoms. The number of likely N-dealkylation sites (tertiary alicyclic amines) is 1. The Hall–Kier alpha value is -1.05. The third kappa shape index (κ3) is 4.04. The number of carbonyl (C=O) groups is 1. The number of sulfonamides is 1. The van der Waals surface area contributed by atoms with Crippen molar-refractivity contribution in [2.24, 2.45) is 0 Å². The van der Waals surface area contributed by atoms with E-state index in [1.165, 1.54) is 16.1 Å². The predicted molar refractivity (Wildman–Crippen MR) is 101 cm³/mol. The largest absolute Gasteiger partial charge is 0.339 e. The summed E-state index contributed by atoms with van der Waals surface area (Å²) in [6, 6.07) is 5.00. The molecule has 3 rings (SSSR count). The zero-order valence-corrected chi connectivity index (χ0v) is 16.4. The van der Waals surface area contributed by atoms with Crippen molar-refractivity contribution in [1.29, 1.82) is 0 Å². The van der Waals surface area contributed by atoms with E-state index < -0.39 is 10.0 Å². The summed E-state index contributed by atoms with van der Waals surface area (Å²) < 4.78 is 27.2. The van der Waals surface area contributed by atoms with E-state index in [-0.39, 0.29) is 10.8 Å². The SMILES string of the molecule is CSc1ccc(S(=O)(=O)N2CCCC2)cc1C(=O)N1CCCCCC1. The van der Waals surface area contributed by atoms with Gasteiger partial charge in [0, 0.05) is 31.1 Å². The second kappa shape index (κ2) is 8.10. The lowest BCUT2D eigenvalue weighted by molar-refractivity contribution is 0.0758. The minimum absolute atomic E-state index is 0.0373. The molecule has 0 aliphatic carbocycles. The Morgan fingerprint density at radius 3 is 2.16 bits per heavy atom. The molecular formula is C18H26N2O3S2. The van der Waals surface area contributed by atoms with Gasteiger partial charge in [0.2, 0.25) is 10.0 Å². The molecule has 0 radical (unpaired) electrons. The lowest BCUT2D eigenvalue weighted by Crippen LogP contribution is -2.33. The number of amides is 1.